The van der Waals surface area contributed by atoms with Gasteiger partial charge in [0.15, 0.2) is 0 Å². The zero-order valence-electron chi connectivity index (χ0n) is 9.65. The van der Waals surface area contributed by atoms with Crippen LogP contribution in [0.3, 0.4) is 0 Å². The molecule has 1 amide bonds. The minimum atomic E-state index is -0.578. The molecule has 1 heterocycles. The number of hydrogen-bond donors (Lipinski definition) is 2. The molecule has 1 rings (SSSR count). The highest BCUT2D eigenvalue weighted by molar-refractivity contribution is 5.94. The number of nitrogens with zero attached hydrogens (tertiary/aromatic N) is 2. The number of nitrogens with one attached hydrogen (secondary N) is 1. The minimum Gasteiger partial charge on any atom is -0.329 e. The van der Waals surface area contributed by atoms with Gasteiger partial charge >= 0.3 is 0 Å². The van der Waals surface area contributed by atoms with Crippen molar-refractivity contribution in [3.63, 3.8) is 0 Å². The van der Waals surface area contributed by atoms with Crippen LogP contribution in [0.2, 0.25) is 0 Å². The van der Waals surface area contributed by atoms with Crippen LogP contribution in [0.15, 0.2) is 12.4 Å². The summed E-state index contributed by atoms with van der Waals surface area (Å²) in [6.07, 6.45) is 3.15. The van der Waals surface area contributed by atoms with Gasteiger partial charge in [-0.15, -0.1) is 12.4 Å². The molecule has 1 aromatic heterocycles. The third kappa shape index (κ3) is 3.75. The van der Waals surface area contributed by atoms with Crippen molar-refractivity contribution in [1.29, 1.82) is 0 Å². The largest absolute Gasteiger partial charge is 0.329 e. The van der Waals surface area contributed by atoms with Crippen molar-refractivity contribution in [1.82, 2.24) is 9.97 Å². The van der Waals surface area contributed by atoms with Gasteiger partial charge in [-0.3, -0.25) is 4.79 Å². The summed E-state index contributed by atoms with van der Waals surface area (Å²) in [6, 6.07) is 0. The zero-order chi connectivity index (χ0) is 11.5. The number of carbonyl (C=O) groups is 1. The molecule has 0 spiro atoms. The van der Waals surface area contributed by atoms with E-state index in [1.165, 1.54) is 0 Å². The molecule has 16 heavy (non-hydrogen) atoms. The fraction of sp³-hybridized carbons (Fsp3) is 0.500. The monoisotopic (exact) mass is 244 g/mol. The van der Waals surface area contributed by atoms with Gasteiger partial charge in [-0.25, -0.2) is 9.97 Å². The second-order valence-corrected chi connectivity index (χ2v) is 4.06. The molecule has 0 aliphatic heterocycles. The summed E-state index contributed by atoms with van der Waals surface area (Å²) in [6.45, 7) is 5.66. The highest BCUT2D eigenvalue weighted by atomic mass is 35.5. The predicted octanol–water partition coefficient (Wildman–Crippen LogP) is 1.13. The summed E-state index contributed by atoms with van der Waals surface area (Å²) >= 11 is 0. The maximum absolute atomic E-state index is 11.7. The molecule has 0 unspecified atom stereocenters. The lowest BCUT2D eigenvalue weighted by molar-refractivity contribution is -0.123. The lowest BCUT2D eigenvalue weighted by Crippen LogP contribution is -2.37. The first-order chi connectivity index (χ1) is 6.95. The summed E-state index contributed by atoms with van der Waals surface area (Å²) in [5, 5.41) is 2.72. The number of anilines is 1. The van der Waals surface area contributed by atoms with Gasteiger partial charge in [-0.2, -0.15) is 0 Å². The van der Waals surface area contributed by atoms with Crippen molar-refractivity contribution in [2.45, 2.75) is 20.8 Å². The highest BCUT2D eigenvalue weighted by Gasteiger charge is 2.25. The zero-order valence-corrected chi connectivity index (χ0v) is 10.5. The Balaban J connectivity index is 0.00000225. The Morgan fingerprint density at radius 2 is 1.94 bits per heavy atom. The number of nitrogens with two attached hydrogens (primary N) is 1. The van der Waals surface area contributed by atoms with Gasteiger partial charge in [0.2, 0.25) is 5.91 Å². The predicted molar refractivity (Wildman–Crippen MR) is 65.5 cm³/mol. The van der Waals surface area contributed by atoms with Gasteiger partial charge in [-0.1, -0.05) is 0 Å². The molecule has 0 aliphatic rings. The average Bonchev–Trinajstić information content (AvgIpc) is 2.21. The van der Waals surface area contributed by atoms with Crippen LogP contribution >= 0.6 is 12.4 Å². The van der Waals surface area contributed by atoms with Crippen molar-refractivity contribution in [2.24, 2.45) is 11.1 Å². The first-order valence-electron chi connectivity index (χ1n) is 4.76. The molecule has 0 aromatic carbocycles. The standard InChI is InChI=1S/C10H16N4O.ClH/c1-7-12-4-8(5-13-7)14-9(15)10(2,3)6-11;/h4-5H,6,11H2,1-3H3,(H,14,15);1H. The summed E-state index contributed by atoms with van der Waals surface area (Å²) in [4.78, 5) is 19.7. The number of hydrogen-bond acceptors (Lipinski definition) is 4. The molecule has 0 atom stereocenters. The molecule has 0 radical (unpaired) electrons. The van der Waals surface area contributed by atoms with Crippen molar-refractivity contribution in [3.8, 4) is 0 Å². The normalized spacial score (nSPS) is 10.5. The molecule has 5 nitrogen and oxygen atoms in total. The van der Waals surface area contributed by atoms with Crippen LogP contribution in [-0.2, 0) is 4.79 Å². The first-order valence-corrected chi connectivity index (χ1v) is 4.76. The maximum atomic E-state index is 11.7. The average molecular weight is 245 g/mol. The first kappa shape index (κ1) is 14.8. The molecule has 0 saturated carbocycles. The van der Waals surface area contributed by atoms with Gasteiger partial charge in [0.05, 0.1) is 23.5 Å². The van der Waals surface area contributed by atoms with Crippen molar-refractivity contribution in [3.05, 3.63) is 18.2 Å². The number of aryl methyl sites for hydroxylation is 1. The molecule has 1 aromatic rings. The van der Waals surface area contributed by atoms with E-state index in [4.69, 9.17) is 5.73 Å². The van der Waals surface area contributed by atoms with E-state index >= 15 is 0 Å². The third-order valence-electron chi connectivity index (χ3n) is 2.16. The van der Waals surface area contributed by atoms with Crippen LogP contribution in [0.25, 0.3) is 0 Å². The molecule has 0 bridgehead atoms. The van der Waals surface area contributed by atoms with E-state index in [2.05, 4.69) is 15.3 Å². The lowest BCUT2D eigenvalue weighted by Gasteiger charge is -2.20. The third-order valence-corrected chi connectivity index (χ3v) is 2.16. The van der Waals surface area contributed by atoms with Gasteiger partial charge in [0, 0.05) is 6.54 Å². The SMILES string of the molecule is Cc1ncc(NC(=O)C(C)(C)CN)cn1.Cl. The van der Waals surface area contributed by atoms with E-state index in [1.807, 2.05) is 0 Å². The van der Waals surface area contributed by atoms with Crippen molar-refractivity contribution in [2.75, 3.05) is 11.9 Å². The summed E-state index contributed by atoms with van der Waals surface area (Å²) in [5.74, 6) is 0.545. The smallest absolute Gasteiger partial charge is 0.231 e. The Morgan fingerprint density at radius 1 is 1.44 bits per heavy atom. The Bertz CT molecular complexity index is 350. The molecule has 0 aliphatic carbocycles. The van der Waals surface area contributed by atoms with E-state index in [0.717, 1.165) is 0 Å². The highest BCUT2D eigenvalue weighted by Crippen LogP contribution is 2.15. The van der Waals surface area contributed by atoms with Gasteiger partial charge in [-0.05, 0) is 20.8 Å². The van der Waals surface area contributed by atoms with E-state index in [0.29, 0.717) is 18.1 Å². The van der Waals surface area contributed by atoms with Crippen LogP contribution in [-0.4, -0.2) is 22.4 Å². The van der Waals surface area contributed by atoms with Crippen molar-refractivity contribution < 1.29 is 4.79 Å². The Hall–Kier alpha value is -1.20. The summed E-state index contributed by atoms with van der Waals surface area (Å²) in [7, 11) is 0. The molecule has 0 saturated heterocycles. The Morgan fingerprint density at radius 3 is 2.38 bits per heavy atom. The number of amides is 1. The molecule has 90 valence electrons. The summed E-state index contributed by atoms with van der Waals surface area (Å²) in [5.41, 5.74) is 5.50. The maximum Gasteiger partial charge on any atom is 0.231 e. The van der Waals surface area contributed by atoms with Gasteiger partial charge < -0.3 is 11.1 Å². The van der Waals surface area contributed by atoms with E-state index < -0.39 is 5.41 Å². The number of halogens is 1. The second kappa shape index (κ2) is 5.77. The topological polar surface area (TPSA) is 80.9 Å². The fourth-order valence-corrected chi connectivity index (χ4v) is 0.850. The van der Waals surface area contributed by atoms with Gasteiger partial charge in [0.25, 0.3) is 0 Å². The second-order valence-electron chi connectivity index (χ2n) is 4.06. The minimum absolute atomic E-state index is 0. The van der Waals surface area contributed by atoms with Crippen molar-refractivity contribution >= 4 is 24.0 Å². The van der Waals surface area contributed by atoms with E-state index in [-0.39, 0.29) is 18.3 Å². The van der Waals surface area contributed by atoms with Crippen LogP contribution in [0.5, 0.6) is 0 Å². The number of rotatable bonds is 3. The fourth-order valence-electron chi connectivity index (χ4n) is 0.850. The number of aromatic nitrogens is 2. The molecule has 6 heteroatoms. The Kier molecular flexibility index (Phi) is 5.33. The van der Waals surface area contributed by atoms with E-state index in [9.17, 15) is 4.79 Å². The summed E-state index contributed by atoms with van der Waals surface area (Å²) < 4.78 is 0. The quantitative estimate of drug-likeness (QED) is 0.835. The molecular weight excluding hydrogens is 228 g/mol. The van der Waals surface area contributed by atoms with Gasteiger partial charge in [0.1, 0.15) is 5.82 Å². The molecule has 3 N–H and O–H groups in total. The molecular formula is C10H17ClN4O. The van der Waals surface area contributed by atoms with Crippen LogP contribution in [0.4, 0.5) is 5.69 Å². The number of carbonyl (C=O) groups excluding carboxylic acids is 1. The molecule has 0 fully saturated rings. The van der Waals surface area contributed by atoms with Crippen LogP contribution in [0, 0.1) is 12.3 Å². The lowest BCUT2D eigenvalue weighted by atomic mass is 9.93. The van der Waals surface area contributed by atoms with Crippen LogP contribution in [0.1, 0.15) is 19.7 Å². The van der Waals surface area contributed by atoms with E-state index in [1.54, 1.807) is 33.2 Å². The Labute approximate surface area is 101 Å². The van der Waals surface area contributed by atoms with Crippen LogP contribution < -0.4 is 11.1 Å².